The van der Waals surface area contributed by atoms with E-state index >= 15 is 0 Å². The van der Waals surface area contributed by atoms with Gasteiger partial charge in [0.25, 0.3) is 0 Å². The molecule has 7 rings (SSSR count). The molecular formula is C27H18Br2ClNO4. The number of nitrogens with zero attached hydrogens (tertiary/aromatic N) is 1. The Morgan fingerprint density at radius 3 is 1.77 bits per heavy atom. The number of esters is 1. The summed E-state index contributed by atoms with van der Waals surface area (Å²) < 4.78 is 3.36. The van der Waals surface area contributed by atoms with E-state index in [9.17, 15) is 14.4 Å². The van der Waals surface area contributed by atoms with Crippen LogP contribution >= 0.6 is 43.5 Å². The first-order valence-corrected chi connectivity index (χ1v) is 13.1. The maximum Gasteiger partial charge on any atom is 0.339 e. The van der Waals surface area contributed by atoms with Crippen LogP contribution in [-0.4, -0.2) is 24.4 Å². The number of hydrogen-bond donors (Lipinski definition) is 0. The molecule has 1 fully saturated rings. The second-order valence-corrected chi connectivity index (χ2v) is 11.8. The lowest BCUT2D eigenvalue weighted by Gasteiger charge is -2.55. The first kappa shape index (κ1) is 23.0. The zero-order chi connectivity index (χ0) is 24.7. The molecule has 2 atom stereocenters. The molecule has 1 heterocycles. The average molecular weight is 616 g/mol. The van der Waals surface area contributed by atoms with Crippen LogP contribution in [0.2, 0.25) is 5.02 Å². The Morgan fingerprint density at radius 2 is 1.34 bits per heavy atom. The summed E-state index contributed by atoms with van der Waals surface area (Å²) >= 11 is 14.2. The minimum Gasteiger partial charge on any atom is -0.462 e. The molecule has 0 saturated carbocycles. The summed E-state index contributed by atoms with van der Waals surface area (Å²) in [5.74, 6) is -2.66. The van der Waals surface area contributed by atoms with Gasteiger partial charge in [-0.1, -0.05) is 92.0 Å². The van der Waals surface area contributed by atoms with E-state index in [2.05, 4.69) is 31.9 Å². The van der Waals surface area contributed by atoms with Gasteiger partial charge in [-0.2, -0.15) is 0 Å². The van der Waals surface area contributed by atoms with Crippen molar-refractivity contribution in [3.8, 4) is 0 Å². The van der Waals surface area contributed by atoms with Gasteiger partial charge in [0, 0.05) is 0 Å². The summed E-state index contributed by atoms with van der Waals surface area (Å²) in [6.07, 6.45) is 0. The molecule has 4 aliphatic rings. The van der Waals surface area contributed by atoms with Gasteiger partial charge in [-0.3, -0.25) is 9.59 Å². The minimum atomic E-state index is -0.877. The van der Waals surface area contributed by atoms with Gasteiger partial charge in [-0.05, 0) is 47.4 Å². The number of carbonyl (C=O) groups excluding carboxylic acids is 3. The van der Waals surface area contributed by atoms with Crippen molar-refractivity contribution in [2.24, 2.45) is 11.8 Å². The van der Waals surface area contributed by atoms with Gasteiger partial charge >= 0.3 is 5.97 Å². The normalized spacial score (nSPS) is 27.9. The molecule has 3 aromatic carbocycles. The summed E-state index contributed by atoms with van der Waals surface area (Å²) in [6.45, 7) is 1.88. The molecule has 2 amide bonds. The Hall–Kier alpha value is -2.48. The van der Waals surface area contributed by atoms with Gasteiger partial charge in [0.1, 0.15) is 0 Å². The number of anilines is 1. The largest absolute Gasteiger partial charge is 0.462 e. The number of halogens is 3. The molecule has 0 spiro atoms. The molecule has 3 aromatic rings. The van der Waals surface area contributed by atoms with Crippen LogP contribution in [-0.2, 0) is 23.0 Å². The van der Waals surface area contributed by atoms with E-state index in [1.807, 2.05) is 48.5 Å². The topological polar surface area (TPSA) is 63.7 Å². The number of imide groups is 1. The Balaban J connectivity index is 1.56. The van der Waals surface area contributed by atoms with Gasteiger partial charge in [0.15, 0.2) is 0 Å². The van der Waals surface area contributed by atoms with E-state index in [1.165, 1.54) is 17.0 Å². The highest BCUT2D eigenvalue weighted by Gasteiger charge is 2.72. The van der Waals surface area contributed by atoms with Crippen molar-refractivity contribution in [1.82, 2.24) is 0 Å². The Labute approximate surface area is 223 Å². The van der Waals surface area contributed by atoms with Gasteiger partial charge < -0.3 is 4.74 Å². The van der Waals surface area contributed by atoms with Crippen LogP contribution < -0.4 is 4.90 Å². The number of alkyl halides is 2. The van der Waals surface area contributed by atoms with Crippen LogP contribution in [0.15, 0.2) is 66.7 Å². The standard InChI is InChI=1S/C27H18Br2ClNO4/c1-2-35-25(34)15-13-14(11-12-20(15)30)31-23(32)21-22(24(31)33)27(29)17-8-4-3-7-16(17)26(21,28)18-9-5-6-10-19(18)27/h3-13,21-22H,2H2,1H3/t21-,22-,26?,27?/m1/s1. The van der Waals surface area contributed by atoms with Gasteiger partial charge in [-0.25, -0.2) is 9.69 Å². The summed E-state index contributed by atoms with van der Waals surface area (Å²) in [7, 11) is 0. The van der Waals surface area contributed by atoms with Crippen molar-refractivity contribution in [2.45, 2.75) is 15.6 Å². The second-order valence-electron chi connectivity index (χ2n) is 8.87. The van der Waals surface area contributed by atoms with E-state index in [0.717, 1.165) is 22.3 Å². The summed E-state index contributed by atoms with van der Waals surface area (Å²) in [6, 6.07) is 20.4. The zero-order valence-electron chi connectivity index (χ0n) is 18.4. The third-order valence-electron chi connectivity index (χ3n) is 7.29. The van der Waals surface area contributed by atoms with Crippen LogP contribution in [0.4, 0.5) is 5.69 Å². The van der Waals surface area contributed by atoms with Crippen LogP contribution in [0.1, 0.15) is 39.5 Å². The van der Waals surface area contributed by atoms with Gasteiger partial charge in [0.2, 0.25) is 11.8 Å². The molecule has 176 valence electrons. The SMILES string of the molecule is CCOC(=O)c1cc(N2C(=O)[C@H]3[C@H](C2=O)C2(Br)c4ccccc4C3(Br)c3ccccc32)ccc1Cl. The minimum absolute atomic E-state index is 0.109. The van der Waals surface area contributed by atoms with Gasteiger partial charge in [0.05, 0.1) is 43.4 Å². The quantitative estimate of drug-likeness (QED) is 0.208. The van der Waals surface area contributed by atoms with Gasteiger partial charge in [-0.15, -0.1) is 0 Å². The Bertz CT molecular complexity index is 1330. The number of hydrogen-bond acceptors (Lipinski definition) is 4. The second kappa shape index (κ2) is 7.76. The van der Waals surface area contributed by atoms with Crippen molar-refractivity contribution in [1.29, 1.82) is 0 Å². The van der Waals surface area contributed by atoms with Crippen molar-refractivity contribution < 1.29 is 19.1 Å². The molecule has 35 heavy (non-hydrogen) atoms. The van der Waals surface area contributed by atoms with E-state index in [0.29, 0.717) is 5.69 Å². The Morgan fingerprint density at radius 1 is 0.886 bits per heavy atom. The first-order valence-electron chi connectivity index (χ1n) is 11.2. The third-order valence-corrected chi connectivity index (χ3v) is 10.3. The van der Waals surface area contributed by atoms with Crippen LogP contribution in [0.3, 0.4) is 0 Å². The van der Waals surface area contributed by atoms with E-state index in [-0.39, 0.29) is 29.0 Å². The number of amides is 2. The van der Waals surface area contributed by atoms with E-state index in [1.54, 1.807) is 13.0 Å². The maximum atomic E-state index is 14.1. The average Bonchev–Trinajstić information content (AvgIpc) is 3.14. The number of carbonyl (C=O) groups is 3. The summed E-state index contributed by atoms with van der Waals surface area (Å²) in [5.41, 5.74) is 4.25. The van der Waals surface area contributed by atoms with Crippen molar-refractivity contribution in [2.75, 3.05) is 11.5 Å². The third kappa shape index (κ3) is 2.77. The molecule has 2 bridgehead atoms. The maximum absolute atomic E-state index is 14.1. The molecule has 5 nitrogen and oxygen atoms in total. The molecule has 1 aliphatic heterocycles. The lowest BCUT2D eigenvalue weighted by atomic mass is 9.54. The van der Waals surface area contributed by atoms with Crippen molar-refractivity contribution >= 4 is 66.9 Å². The van der Waals surface area contributed by atoms with Crippen LogP contribution in [0, 0.1) is 11.8 Å². The molecule has 3 aliphatic carbocycles. The Kier molecular flexibility index (Phi) is 5.09. The number of rotatable bonds is 3. The van der Waals surface area contributed by atoms with E-state index < -0.39 is 26.5 Å². The molecule has 0 aromatic heterocycles. The molecule has 0 N–H and O–H groups in total. The molecule has 1 saturated heterocycles. The fourth-order valence-electron chi connectivity index (χ4n) is 5.94. The van der Waals surface area contributed by atoms with Crippen molar-refractivity contribution in [3.63, 3.8) is 0 Å². The van der Waals surface area contributed by atoms with Crippen LogP contribution in [0.5, 0.6) is 0 Å². The smallest absolute Gasteiger partial charge is 0.339 e. The predicted octanol–water partition coefficient (Wildman–Crippen LogP) is 5.93. The molecule has 0 unspecified atom stereocenters. The lowest BCUT2D eigenvalue weighted by Crippen LogP contribution is -2.56. The highest BCUT2D eigenvalue weighted by molar-refractivity contribution is 9.10. The summed E-state index contributed by atoms with van der Waals surface area (Å²) in [5, 5.41) is 0.192. The first-order chi connectivity index (χ1) is 16.8. The molecule has 0 radical (unpaired) electrons. The highest BCUT2D eigenvalue weighted by atomic mass is 79.9. The fraction of sp³-hybridized carbons (Fsp3) is 0.222. The van der Waals surface area contributed by atoms with Crippen molar-refractivity contribution in [3.05, 3.63) is 99.6 Å². The lowest BCUT2D eigenvalue weighted by molar-refractivity contribution is -0.122. The molecular weight excluding hydrogens is 598 g/mol. The highest BCUT2D eigenvalue weighted by Crippen LogP contribution is 2.70. The zero-order valence-corrected chi connectivity index (χ0v) is 22.4. The van der Waals surface area contributed by atoms with E-state index in [4.69, 9.17) is 16.3 Å². The predicted molar refractivity (Wildman–Crippen MR) is 139 cm³/mol. The molecule has 8 heteroatoms. The summed E-state index contributed by atoms with van der Waals surface area (Å²) in [4.78, 5) is 41.9. The monoisotopic (exact) mass is 613 g/mol. The number of benzene rings is 3. The van der Waals surface area contributed by atoms with Crippen LogP contribution in [0.25, 0.3) is 0 Å². The number of ether oxygens (including phenoxy) is 1. The fourth-order valence-corrected chi connectivity index (χ4v) is 8.44.